The molecule has 4 aliphatic heterocycles. The third kappa shape index (κ3) is 7.08. The number of ether oxygens (including phenoxy) is 4. The van der Waals surface area contributed by atoms with E-state index in [1.54, 1.807) is 22.2 Å². The van der Waals surface area contributed by atoms with E-state index in [0.29, 0.717) is 38.0 Å². The van der Waals surface area contributed by atoms with Crippen molar-refractivity contribution >= 4 is 24.0 Å². The van der Waals surface area contributed by atoms with Crippen LogP contribution in [-0.2, 0) is 32.3 Å². The van der Waals surface area contributed by atoms with E-state index in [2.05, 4.69) is 32.7 Å². The molecule has 0 aliphatic carbocycles. The second-order valence-corrected chi connectivity index (χ2v) is 16.1. The summed E-state index contributed by atoms with van der Waals surface area (Å²) >= 11 is 0. The van der Waals surface area contributed by atoms with Crippen LogP contribution in [0.2, 0.25) is 0 Å². The molecule has 6 heterocycles. The van der Waals surface area contributed by atoms with E-state index in [4.69, 9.17) is 28.9 Å². The van der Waals surface area contributed by atoms with Crippen molar-refractivity contribution in [2.75, 3.05) is 27.3 Å². The molecule has 16 heteroatoms. The Hall–Kier alpha value is -6.06. The number of nitrogens with zero attached hydrogens (tertiary/aromatic N) is 4. The summed E-state index contributed by atoms with van der Waals surface area (Å²) in [6.45, 7) is 9.41. The van der Waals surface area contributed by atoms with Crippen LogP contribution in [0.15, 0.2) is 36.7 Å². The first-order valence-corrected chi connectivity index (χ1v) is 20.0. The van der Waals surface area contributed by atoms with Crippen LogP contribution in [0.1, 0.15) is 88.2 Å². The van der Waals surface area contributed by atoms with E-state index in [9.17, 15) is 19.2 Å². The third-order valence-electron chi connectivity index (χ3n) is 11.7. The number of hydrogen-bond acceptors (Lipinski definition) is 10. The molecule has 0 saturated carbocycles. The third-order valence-corrected chi connectivity index (χ3v) is 11.7. The normalized spacial score (nSPS) is 19.0. The van der Waals surface area contributed by atoms with Crippen LogP contribution in [0.3, 0.4) is 0 Å². The van der Waals surface area contributed by atoms with Crippen LogP contribution >= 0.6 is 0 Å². The molecule has 4 unspecified atom stereocenters. The number of imidazole rings is 2. The zero-order valence-electron chi connectivity index (χ0n) is 33.6. The molecule has 306 valence electrons. The van der Waals surface area contributed by atoms with Crippen molar-refractivity contribution in [2.45, 2.75) is 90.8 Å². The Balaban J connectivity index is 1.01. The van der Waals surface area contributed by atoms with E-state index in [1.165, 1.54) is 14.2 Å². The second kappa shape index (κ2) is 15.7. The predicted molar refractivity (Wildman–Crippen MR) is 211 cm³/mol. The number of aromatic nitrogens is 4. The fourth-order valence-corrected chi connectivity index (χ4v) is 8.68. The molecule has 4 aromatic rings. The quantitative estimate of drug-likeness (QED) is 0.148. The predicted octanol–water partition coefficient (Wildman–Crippen LogP) is 6.01. The molecule has 4 N–H and O–H groups in total. The monoisotopic (exact) mass is 794 g/mol. The minimum absolute atomic E-state index is 0.125. The van der Waals surface area contributed by atoms with Gasteiger partial charge < -0.3 is 49.3 Å². The Morgan fingerprint density at radius 3 is 1.48 bits per heavy atom. The van der Waals surface area contributed by atoms with Gasteiger partial charge in [-0.3, -0.25) is 9.59 Å². The molecule has 8 rings (SSSR count). The molecule has 2 saturated heterocycles. The van der Waals surface area contributed by atoms with Crippen LogP contribution in [0, 0.1) is 11.8 Å². The highest BCUT2D eigenvalue weighted by Gasteiger charge is 2.39. The van der Waals surface area contributed by atoms with Crippen molar-refractivity contribution < 1.29 is 38.1 Å². The molecule has 16 nitrogen and oxygen atoms in total. The Kier molecular flexibility index (Phi) is 10.5. The van der Waals surface area contributed by atoms with Crippen LogP contribution in [0.25, 0.3) is 33.6 Å². The number of hydrogen-bond donors (Lipinski definition) is 4. The van der Waals surface area contributed by atoms with Gasteiger partial charge in [0.25, 0.3) is 0 Å². The summed E-state index contributed by atoms with van der Waals surface area (Å²) < 4.78 is 22.4. The number of amides is 4. The van der Waals surface area contributed by atoms with Gasteiger partial charge in [-0.25, -0.2) is 19.6 Å². The summed E-state index contributed by atoms with van der Waals surface area (Å²) in [5, 5.41) is 5.40. The average Bonchev–Trinajstić information content (AvgIpc) is 4.06. The van der Waals surface area contributed by atoms with Gasteiger partial charge in [-0.1, -0.05) is 27.7 Å². The van der Waals surface area contributed by atoms with Crippen molar-refractivity contribution in [1.29, 1.82) is 0 Å². The summed E-state index contributed by atoms with van der Waals surface area (Å²) in [5.74, 6) is 2.33. The minimum atomic E-state index is -0.712. The molecule has 4 amide bonds. The molecule has 2 aromatic carbocycles. The van der Waals surface area contributed by atoms with Crippen molar-refractivity contribution in [3.63, 3.8) is 0 Å². The van der Waals surface area contributed by atoms with Crippen molar-refractivity contribution in [3.8, 4) is 45.1 Å². The van der Waals surface area contributed by atoms with Gasteiger partial charge in [-0.15, -0.1) is 0 Å². The lowest BCUT2D eigenvalue weighted by atomic mass is 9.87. The number of rotatable bonds is 10. The zero-order chi connectivity index (χ0) is 40.8. The molecular formula is C42H50N8O8. The molecule has 2 aromatic heterocycles. The number of likely N-dealkylation sites (tertiary alicyclic amines) is 2. The number of aromatic amines is 2. The lowest BCUT2D eigenvalue weighted by Crippen LogP contribution is -2.51. The lowest BCUT2D eigenvalue weighted by molar-refractivity contribution is -0.136. The first-order valence-electron chi connectivity index (χ1n) is 20.0. The first kappa shape index (κ1) is 38.8. The Labute approximate surface area is 336 Å². The summed E-state index contributed by atoms with van der Waals surface area (Å²) in [5.41, 5.74) is 7.39. The molecule has 4 aliphatic rings. The number of carbonyl (C=O) groups is 4. The van der Waals surface area contributed by atoms with Crippen molar-refractivity contribution in [1.82, 2.24) is 40.4 Å². The molecule has 2 fully saturated rings. The van der Waals surface area contributed by atoms with E-state index in [1.807, 2.05) is 39.8 Å². The molecule has 0 radical (unpaired) electrons. The Bertz CT molecular complexity index is 2040. The number of benzene rings is 2. The van der Waals surface area contributed by atoms with E-state index >= 15 is 0 Å². The molecule has 0 spiro atoms. The van der Waals surface area contributed by atoms with Gasteiger partial charge >= 0.3 is 12.2 Å². The number of carbonyl (C=O) groups excluding carboxylic acids is 4. The highest BCUT2D eigenvalue weighted by molar-refractivity contribution is 5.89. The van der Waals surface area contributed by atoms with E-state index in [-0.39, 0.29) is 35.7 Å². The maximum atomic E-state index is 13.7. The van der Waals surface area contributed by atoms with Crippen molar-refractivity contribution in [2.24, 2.45) is 11.8 Å². The van der Waals surface area contributed by atoms with E-state index < -0.39 is 24.3 Å². The van der Waals surface area contributed by atoms with Crippen LogP contribution in [0.4, 0.5) is 9.59 Å². The van der Waals surface area contributed by atoms with Crippen LogP contribution in [-0.4, -0.2) is 93.1 Å². The van der Waals surface area contributed by atoms with Gasteiger partial charge in [-0.05, 0) is 61.8 Å². The Morgan fingerprint density at radius 1 is 0.690 bits per heavy atom. The van der Waals surface area contributed by atoms with Crippen LogP contribution < -0.4 is 20.1 Å². The molecule has 0 bridgehead atoms. The molecule has 58 heavy (non-hydrogen) atoms. The highest BCUT2D eigenvalue weighted by atomic mass is 16.5. The standard InChI is InChI=1S/C42H50N8O8/c1-21(2)35(47-41(53)55-5)39(51)49-11-7-9-29(49)37-43-17-27(45-37)23-13-25-19-58-32-16-24(14-26-20-57-31(15-23)33(25)34(26)32)28-18-44-38(46-28)30-10-8-12-50(30)40(52)36(22(3)4)48-42(54)56-6/h13-18,21-22,29-30,35-36H,7-12,19-20H2,1-6H3,(H,43,45)(H,44,46)(H,47,53)(H,48,54). The van der Waals surface area contributed by atoms with Gasteiger partial charge in [0.15, 0.2) is 0 Å². The lowest BCUT2D eigenvalue weighted by Gasteiger charge is -2.30. The fraction of sp³-hybridized carbons (Fsp3) is 0.476. The SMILES string of the molecule is COC(=O)NC(C(=O)N1CCCC1c1ncc(-c2cc3c4c(c2)OCc2cc(-c5cnc(C6CCCN6C(=O)C(NC(=O)OC)C(C)C)[nH]5)cc(c2-4)OC3)[nH]1)C(C)C. The Morgan fingerprint density at radius 2 is 1.10 bits per heavy atom. The van der Waals surface area contributed by atoms with Gasteiger partial charge in [-0.2, -0.15) is 0 Å². The second-order valence-electron chi connectivity index (χ2n) is 16.1. The average molecular weight is 795 g/mol. The number of H-pyrrole nitrogens is 2. The summed E-state index contributed by atoms with van der Waals surface area (Å²) in [7, 11) is 2.57. The topological polar surface area (TPSA) is 193 Å². The summed E-state index contributed by atoms with van der Waals surface area (Å²) in [6.07, 6.45) is 5.46. The fourth-order valence-electron chi connectivity index (χ4n) is 8.68. The summed E-state index contributed by atoms with van der Waals surface area (Å²) in [4.78, 5) is 71.4. The van der Waals surface area contributed by atoms with Crippen molar-refractivity contribution in [3.05, 3.63) is 59.4 Å². The maximum absolute atomic E-state index is 13.7. The van der Waals surface area contributed by atoms with Gasteiger partial charge in [0, 0.05) is 46.5 Å². The highest BCUT2D eigenvalue weighted by Crippen LogP contribution is 2.51. The molecular weight excluding hydrogens is 745 g/mol. The van der Waals surface area contributed by atoms with Gasteiger partial charge in [0.05, 0.1) is 50.1 Å². The zero-order valence-corrected chi connectivity index (χ0v) is 33.6. The smallest absolute Gasteiger partial charge is 0.407 e. The number of alkyl carbamates (subject to hydrolysis) is 2. The number of nitrogens with one attached hydrogen (secondary N) is 4. The largest absolute Gasteiger partial charge is 0.488 e. The number of methoxy groups -OCH3 is 2. The minimum Gasteiger partial charge on any atom is -0.488 e. The van der Waals surface area contributed by atoms with E-state index in [0.717, 1.165) is 82.0 Å². The summed E-state index contributed by atoms with van der Waals surface area (Å²) in [6, 6.07) is 6.31. The first-order chi connectivity index (χ1) is 27.9. The molecule has 4 atom stereocenters. The van der Waals surface area contributed by atoms with Gasteiger partial charge in [0.1, 0.15) is 48.4 Å². The van der Waals surface area contributed by atoms with Gasteiger partial charge in [0.2, 0.25) is 11.8 Å². The maximum Gasteiger partial charge on any atom is 0.407 e. The van der Waals surface area contributed by atoms with Crippen LogP contribution in [0.5, 0.6) is 11.5 Å².